The van der Waals surface area contributed by atoms with E-state index in [1.807, 2.05) is 6.92 Å². The molecular weight excluding hydrogens is 370 g/mol. The number of carbonyl (C=O) groups is 2. The number of carbonyl (C=O) groups excluding carboxylic acids is 2. The Bertz CT molecular complexity index is 791. The van der Waals surface area contributed by atoms with Gasteiger partial charge in [0.15, 0.2) is 6.10 Å². The van der Waals surface area contributed by atoms with Gasteiger partial charge in [-0.1, -0.05) is 18.5 Å². The monoisotopic (exact) mass is 391 g/mol. The van der Waals surface area contributed by atoms with Crippen LogP contribution in [0.5, 0.6) is 11.5 Å². The Kier molecular flexibility index (Phi) is 7.49. The molecule has 0 spiro atoms. The summed E-state index contributed by atoms with van der Waals surface area (Å²) in [7, 11) is 1.58. The second kappa shape index (κ2) is 9.83. The number of methoxy groups -OCH3 is 1. The number of esters is 1. The van der Waals surface area contributed by atoms with Crippen molar-refractivity contribution >= 4 is 29.2 Å². The number of anilines is 1. The van der Waals surface area contributed by atoms with Crippen LogP contribution >= 0.6 is 11.6 Å². The van der Waals surface area contributed by atoms with E-state index >= 15 is 0 Å². The zero-order chi connectivity index (χ0) is 19.8. The predicted molar refractivity (Wildman–Crippen MR) is 104 cm³/mol. The van der Waals surface area contributed by atoms with Crippen LogP contribution in [0.15, 0.2) is 42.5 Å². The Labute approximate surface area is 163 Å². The predicted octanol–water partition coefficient (Wildman–Crippen LogP) is 4.32. The fourth-order valence-corrected chi connectivity index (χ4v) is 2.59. The number of hydrogen-bond donors (Lipinski definition) is 1. The van der Waals surface area contributed by atoms with Gasteiger partial charge in [0.2, 0.25) is 0 Å². The van der Waals surface area contributed by atoms with Gasteiger partial charge in [0.05, 0.1) is 24.3 Å². The average Bonchev–Trinajstić information content (AvgIpc) is 2.66. The molecule has 1 N–H and O–H groups in total. The molecule has 0 bridgehead atoms. The van der Waals surface area contributed by atoms with E-state index in [1.54, 1.807) is 44.4 Å². The Morgan fingerprint density at radius 2 is 1.74 bits per heavy atom. The van der Waals surface area contributed by atoms with Gasteiger partial charge in [-0.25, -0.2) is 4.79 Å². The standard InChI is InChI=1S/C20H22ClNO5/c1-4-18(27-15-9-7-14(25-3)8-10-15)19(23)22-13-6-11-16(17(21)12-13)20(24)26-5-2/h6-12,18H,4-5H2,1-3H3,(H,22,23)/t18-/m1/s1. The molecular formula is C20H22ClNO5. The molecule has 0 fully saturated rings. The van der Waals surface area contributed by atoms with Crippen LogP contribution in [0, 0.1) is 0 Å². The molecule has 0 unspecified atom stereocenters. The minimum Gasteiger partial charge on any atom is -0.497 e. The van der Waals surface area contributed by atoms with E-state index in [2.05, 4.69) is 5.32 Å². The van der Waals surface area contributed by atoms with Gasteiger partial charge in [0.25, 0.3) is 5.91 Å². The molecule has 6 nitrogen and oxygen atoms in total. The Morgan fingerprint density at radius 3 is 2.30 bits per heavy atom. The van der Waals surface area contributed by atoms with Crippen molar-refractivity contribution in [2.45, 2.75) is 26.4 Å². The van der Waals surface area contributed by atoms with Crippen molar-refractivity contribution in [1.29, 1.82) is 0 Å². The molecule has 0 aliphatic carbocycles. The van der Waals surface area contributed by atoms with E-state index in [0.29, 0.717) is 23.6 Å². The van der Waals surface area contributed by atoms with Gasteiger partial charge in [-0.15, -0.1) is 0 Å². The number of halogens is 1. The summed E-state index contributed by atoms with van der Waals surface area (Å²) in [6.07, 6.45) is -0.200. The Hall–Kier alpha value is -2.73. The van der Waals surface area contributed by atoms with E-state index in [0.717, 1.165) is 0 Å². The first-order valence-electron chi connectivity index (χ1n) is 8.56. The number of amides is 1. The lowest BCUT2D eigenvalue weighted by Gasteiger charge is -2.18. The van der Waals surface area contributed by atoms with Gasteiger partial charge in [0.1, 0.15) is 11.5 Å². The highest BCUT2D eigenvalue weighted by Gasteiger charge is 2.20. The number of rotatable bonds is 8. The van der Waals surface area contributed by atoms with Crippen molar-refractivity contribution in [3.05, 3.63) is 53.1 Å². The van der Waals surface area contributed by atoms with Gasteiger partial charge in [0, 0.05) is 5.69 Å². The van der Waals surface area contributed by atoms with Crippen molar-refractivity contribution in [2.24, 2.45) is 0 Å². The average molecular weight is 392 g/mol. The van der Waals surface area contributed by atoms with Gasteiger partial charge in [-0.2, -0.15) is 0 Å². The van der Waals surface area contributed by atoms with E-state index in [9.17, 15) is 9.59 Å². The van der Waals surface area contributed by atoms with Crippen molar-refractivity contribution < 1.29 is 23.8 Å². The third-order valence-electron chi connectivity index (χ3n) is 3.73. The van der Waals surface area contributed by atoms with Crippen molar-refractivity contribution in [3.63, 3.8) is 0 Å². The van der Waals surface area contributed by atoms with Crippen LogP contribution in [0.3, 0.4) is 0 Å². The first-order valence-corrected chi connectivity index (χ1v) is 8.94. The molecule has 1 amide bonds. The smallest absolute Gasteiger partial charge is 0.339 e. The minimum absolute atomic E-state index is 0.204. The molecule has 2 aromatic carbocycles. The third kappa shape index (κ3) is 5.62. The molecule has 0 saturated heterocycles. The molecule has 0 saturated carbocycles. The Morgan fingerprint density at radius 1 is 1.07 bits per heavy atom. The zero-order valence-corrected chi connectivity index (χ0v) is 16.2. The van der Waals surface area contributed by atoms with Crippen LogP contribution in [0.2, 0.25) is 5.02 Å². The first kappa shape index (κ1) is 20.6. The second-order valence-electron chi connectivity index (χ2n) is 5.59. The highest BCUT2D eigenvalue weighted by Crippen LogP contribution is 2.23. The Balaban J connectivity index is 2.05. The summed E-state index contributed by atoms with van der Waals surface area (Å²) in [5, 5.41) is 2.95. The quantitative estimate of drug-likeness (QED) is 0.678. The second-order valence-corrected chi connectivity index (χ2v) is 6.00. The molecule has 0 radical (unpaired) electrons. The highest BCUT2D eigenvalue weighted by molar-refractivity contribution is 6.34. The molecule has 7 heteroatoms. The number of nitrogens with one attached hydrogen (secondary N) is 1. The van der Waals surface area contributed by atoms with E-state index in [-0.39, 0.29) is 23.1 Å². The first-order chi connectivity index (χ1) is 13.0. The summed E-state index contributed by atoms with van der Waals surface area (Å²) >= 11 is 6.12. The molecule has 1 atom stereocenters. The maximum Gasteiger partial charge on any atom is 0.339 e. The number of ether oxygens (including phenoxy) is 3. The minimum atomic E-state index is -0.679. The molecule has 0 aliphatic rings. The molecule has 0 aromatic heterocycles. The van der Waals surface area contributed by atoms with Gasteiger partial charge < -0.3 is 19.5 Å². The van der Waals surface area contributed by atoms with Crippen LogP contribution in [0.4, 0.5) is 5.69 Å². The van der Waals surface area contributed by atoms with Gasteiger partial charge >= 0.3 is 5.97 Å². The number of benzene rings is 2. The van der Waals surface area contributed by atoms with Crippen molar-refractivity contribution in [2.75, 3.05) is 19.0 Å². The molecule has 0 aliphatic heterocycles. The fraction of sp³-hybridized carbons (Fsp3) is 0.300. The third-order valence-corrected chi connectivity index (χ3v) is 4.05. The fourth-order valence-electron chi connectivity index (χ4n) is 2.33. The summed E-state index contributed by atoms with van der Waals surface area (Å²) in [5.74, 6) is 0.451. The summed E-state index contributed by atoms with van der Waals surface area (Å²) in [6.45, 7) is 3.83. The molecule has 2 aromatic rings. The van der Waals surface area contributed by atoms with Crippen LogP contribution < -0.4 is 14.8 Å². The number of hydrogen-bond acceptors (Lipinski definition) is 5. The molecule has 2 rings (SSSR count). The summed E-state index contributed by atoms with van der Waals surface area (Å²) in [5.41, 5.74) is 0.716. The van der Waals surface area contributed by atoms with Gasteiger partial charge in [-0.3, -0.25) is 4.79 Å². The van der Waals surface area contributed by atoms with Crippen molar-refractivity contribution in [3.8, 4) is 11.5 Å². The summed E-state index contributed by atoms with van der Waals surface area (Å²) < 4.78 is 15.8. The summed E-state index contributed by atoms with van der Waals surface area (Å²) in [4.78, 5) is 24.3. The topological polar surface area (TPSA) is 73.9 Å². The van der Waals surface area contributed by atoms with Crippen LogP contribution in [0.1, 0.15) is 30.6 Å². The highest BCUT2D eigenvalue weighted by atomic mass is 35.5. The van der Waals surface area contributed by atoms with E-state index < -0.39 is 12.1 Å². The van der Waals surface area contributed by atoms with E-state index in [4.69, 9.17) is 25.8 Å². The van der Waals surface area contributed by atoms with Gasteiger partial charge in [-0.05, 0) is 55.8 Å². The van der Waals surface area contributed by atoms with E-state index in [1.165, 1.54) is 12.1 Å². The SMILES string of the molecule is CCOC(=O)c1ccc(NC(=O)[C@@H](CC)Oc2ccc(OC)cc2)cc1Cl. The lowest BCUT2D eigenvalue weighted by molar-refractivity contribution is -0.122. The molecule has 27 heavy (non-hydrogen) atoms. The lowest BCUT2D eigenvalue weighted by atomic mass is 10.2. The van der Waals surface area contributed by atoms with Crippen LogP contribution in [-0.4, -0.2) is 31.7 Å². The zero-order valence-electron chi connectivity index (χ0n) is 15.5. The van der Waals surface area contributed by atoms with Crippen LogP contribution in [0.25, 0.3) is 0 Å². The summed E-state index contributed by atoms with van der Waals surface area (Å²) in [6, 6.07) is 11.6. The van der Waals surface area contributed by atoms with Crippen LogP contribution in [-0.2, 0) is 9.53 Å². The lowest BCUT2D eigenvalue weighted by Crippen LogP contribution is -2.32. The largest absolute Gasteiger partial charge is 0.497 e. The van der Waals surface area contributed by atoms with Crippen molar-refractivity contribution in [1.82, 2.24) is 0 Å². The maximum atomic E-state index is 12.5. The maximum absolute atomic E-state index is 12.5. The molecule has 144 valence electrons. The molecule has 0 heterocycles. The normalized spacial score (nSPS) is 11.4.